The Labute approximate surface area is 90.9 Å². The topological polar surface area (TPSA) is 43.8 Å². The number of carbonyl (C=O) groups is 1. The molecule has 15 heavy (non-hydrogen) atoms. The summed E-state index contributed by atoms with van der Waals surface area (Å²) in [6.07, 6.45) is 2.67. The van der Waals surface area contributed by atoms with Crippen molar-refractivity contribution in [1.29, 1.82) is 0 Å². The van der Waals surface area contributed by atoms with Crippen molar-refractivity contribution in [2.45, 2.75) is 25.8 Å². The number of nitrogens with zero attached hydrogens (tertiary/aromatic N) is 2. The minimum Gasteiger partial charge on any atom is -0.481 e. The van der Waals surface area contributed by atoms with Gasteiger partial charge >= 0.3 is 5.97 Å². The first-order valence-corrected chi connectivity index (χ1v) is 5.86. The second-order valence-electron chi connectivity index (χ2n) is 4.85. The van der Waals surface area contributed by atoms with Crippen LogP contribution < -0.4 is 0 Å². The highest BCUT2D eigenvalue weighted by molar-refractivity contribution is 5.69. The summed E-state index contributed by atoms with van der Waals surface area (Å²) in [5.74, 6) is -0.913. The third-order valence-corrected chi connectivity index (χ3v) is 3.55. The van der Waals surface area contributed by atoms with Gasteiger partial charge in [-0.3, -0.25) is 14.6 Å². The number of aliphatic carboxylic acids is 1. The highest BCUT2D eigenvalue weighted by Crippen LogP contribution is 2.20. The van der Waals surface area contributed by atoms with Crippen molar-refractivity contribution in [3.63, 3.8) is 0 Å². The van der Waals surface area contributed by atoms with Crippen LogP contribution in [0.5, 0.6) is 0 Å². The molecule has 0 radical (unpaired) electrons. The minimum absolute atomic E-state index is 0.232. The van der Waals surface area contributed by atoms with Crippen LogP contribution in [-0.2, 0) is 4.79 Å². The lowest BCUT2D eigenvalue weighted by molar-refractivity contribution is -0.142. The molecule has 0 aromatic carbocycles. The van der Waals surface area contributed by atoms with Crippen molar-refractivity contribution in [1.82, 2.24) is 9.80 Å². The molecule has 1 atom stereocenters. The maximum Gasteiger partial charge on any atom is 0.307 e. The van der Waals surface area contributed by atoms with Crippen LogP contribution in [0, 0.1) is 5.92 Å². The van der Waals surface area contributed by atoms with Crippen molar-refractivity contribution in [3.8, 4) is 0 Å². The number of carboxylic acid groups (broad SMARTS) is 1. The van der Waals surface area contributed by atoms with Crippen LogP contribution in [0.4, 0.5) is 0 Å². The third-order valence-electron chi connectivity index (χ3n) is 3.55. The zero-order chi connectivity index (χ0) is 10.8. The summed E-state index contributed by atoms with van der Waals surface area (Å²) >= 11 is 0. The number of hydrogen-bond donors (Lipinski definition) is 1. The Morgan fingerprint density at radius 1 is 1.40 bits per heavy atom. The van der Waals surface area contributed by atoms with E-state index in [1.807, 2.05) is 0 Å². The summed E-state index contributed by atoms with van der Waals surface area (Å²) < 4.78 is 0. The molecule has 0 saturated carbocycles. The summed E-state index contributed by atoms with van der Waals surface area (Å²) in [5, 5.41) is 8.79. The Kier molecular flexibility index (Phi) is 3.26. The van der Waals surface area contributed by atoms with Gasteiger partial charge in [-0.2, -0.15) is 0 Å². The van der Waals surface area contributed by atoms with E-state index in [0.29, 0.717) is 12.6 Å². The maximum atomic E-state index is 10.7. The van der Waals surface area contributed by atoms with Gasteiger partial charge in [0.1, 0.15) is 0 Å². The van der Waals surface area contributed by atoms with Gasteiger partial charge < -0.3 is 5.11 Å². The largest absolute Gasteiger partial charge is 0.481 e. The van der Waals surface area contributed by atoms with Gasteiger partial charge in [0, 0.05) is 25.7 Å². The molecule has 2 heterocycles. The summed E-state index contributed by atoms with van der Waals surface area (Å²) in [7, 11) is 0. The molecule has 0 aromatic heterocycles. The van der Waals surface area contributed by atoms with Gasteiger partial charge in [-0.15, -0.1) is 0 Å². The molecule has 0 amide bonds. The zero-order valence-corrected chi connectivity index (χ0v) is 9.35. The van der Waals surface area contributed by atoms with E-state index in [4.69, 9.17) is 5.11 Å². The fourth-order valence-corrected chi connectivity index (χ4v) is 2.49. The van der Waals surface area contributed by atoms with E-state index in [9.17, 15) is 4.79 Å². The van der Waals surface area contributed by atoms with Crippen LogP contribution in [0.15, 0.2) is 0 Å². The SMILES string of the molecule is CC(CN1CC(N2CCCC2)C1)C(=O)O. The van der Waals surface area contributed by atoms with Crippen molar-refractivity contribution < 1.29 is 9.90 Å². The predicted octanol–water partition coefficient (Wildman–Crippen LogP) is 0.487. The van der Waals surface area contributed by atoms with Gasteiger partial charge in [-0.25, -0.2) is 0 Å². The molecule has 0 aliphatic carbocycles. The Bertz CT molecular complexity index is 233. The molecule has 2 rings (SSSR count). The van der Waals surface area contributed by atoms with Gasteiger partial charge in [0.2, 0.25) is 0 Å². The average molecular weight is 212 g/mol. The quantitative estimate of drug-likeness (QED) is 0.736. The highest BCUT2D eigenvalue weighted by atomic mass is 16.4. The molecular formula is C11H20N2O2. The van der Waals surface area contributed by atoms with E-state index in [-0.39, 0.29) is 5.92 Å². The van der Waals surface area contributed by atoms with E-state index in [0.717, 1.165) is 13.1 Å². The van der Waals surface area contributed by atoms with Gasteiger partial charge in [0.15, 0.2) is 0 Å². The average Bonchev–Trinajstić information content (AvgIpc) is 2.62. The van der Waals surface area contributed by atoms with Crippen LogP contribution in [0.25, 0.3) is 0 Å². The van der Waals surface area contributed by atoms with Crippen molar-refractivity contribution >= 4 is 5.97 Å². The van der Waals surface area contributed by atoms with Crippen LogP contribution in [0.1, 0.15) is 19.8 Å². The Morgan fingerprint density at radius 2 is 2.00 bits per heavy atom. The van der Waals surface area contributed by atoms with E-state index < -0.39 is 5.97 Å². The van der Waals surface area contributed by atoms with Crippen LogP contribution in [0.2, 0.25) is 0 Å². The monoisotopic (exact) mass is 212 g/mol. The second kappa shape index (κ2) is 4.49. The lowest BCUT2D eigenvalue weighted by Gasteiger charge is -2.44. The Balaban J connectivity index is 1.67. The van der Waals surface area contributed by atoms with Crippen molar-refractivity contribution in [2.75, 3.05) is 32.7 Å². The van der Waals surface area contributed by atoms with E-state index in [1.54, 1.807) is 6.92 Å². The predicted molar refractivity (Wildman–Crippen MR) is 57.8 cm³/mol. The maximum absolute atomic E-state index is 10.7. The highest BCUT2D eigenvalue weighted by Gasteiger charge is 2.34. The smallest absolute Gasteiger partial charge is 0.307 e. The molecule has 4 heteroatoms. The first-order chi connectivity index (χ1) is 7.16. The first-order valence-electron chi connectivity index (χ1n) is 5.86. The minimum atomic E-state index is -0.681. The van der Waals surface area contributed by atoms with Crippen molar-refractivity contribution in [3.05, 3.63) is 0 Å². The summed E-state index contributed by atoms with van der Waals surface area (Å²) in [5.41, 5.74) is 0. The lowest BCUT2D eigenvalue weighted by Crippen LogP contribution is -2.59. The number of carboxylic acids is 1. The van der Waals surface area contributed by atoms with Crippen molar-refractivity contribution in [2.24, 2.45) is 5.92 Å². The molecular weight excluding hydrogens is 192 g/mol. The Morgan fingerprint density at radius 3 is 2.53 bits per heavy atom. The molecule has 0 bridgehead atoms. The van der Waals surface area contributed by atoms with Crippen LogP contribution in [0.3, 0.4) is 0 Å². The molecule has 0 aromatic rings. The van der Waals surface area contributed by atoms with Crippen LogP contribution in [-0.4, -0.2) is 59.6 Å². The summed E-state index contributed by atoms with van der Waals surface area (Å²) in [4.78, 5) is 15.5. The normalized spacial score (nSPS) is 26.5. The van der Waals surface area contributed by atoms with Crippen LogP contribution >= 0.6 is 0 Å². The van der Waals surface area contributed by atoms with E-state index in [1.165, 1.54) is 25.9 Å². The molecule has 86 valence electrons. The lowest BCUT2D eigenvalue weighted by atomic mass is 10.0. The van der Waals surface area contributed by atoms with E-state index in [2.05, 4.69) is 9.80 Å². The second-order valence-corrected chi connectivity index (χ2v) is 4.85. The third kappa shape index (κ3) is 2.49. The molecule has 0 spiro atoms. The van der Waals surface area contributed by atoms with Gasteiger partial charge in [-0.05, 0) is 25.9 Å². The molecule has 2 aliphatic heterocycles. The van der Waals surface area contributed by atoms with Gasteiger partial charge in [-0.1, -0.05) is 6.92 Å². The fourth-order valence-electron chi connectivity index (χ4n) is 2.49. The van der Waals surface area contributed by atoms with Gasteiger partial charge in [0.05, 0.1) is 5.92 Å². The Hall–Kier alpha value is -0.610. The molecule has 2 fully saturated rings. The number of rotatable bonds is 4. The summed E-state index contributed by atoms with van der Waals surface area (Å²) in [6, 6.07) is 0.702. The fraction of sp³-hybridized carbons (Fsp3) is 0.909. The molecule has 2 aliphatic rings. The molecule has 2 saturated heterocycles. The summed E-state index contributed by atoms with van der Waals surface area (Å²) in [6.45, 7) is 7.11. The number of hydrogen-bond acceptors (Lipinski definition) is 3. The van der Waals surface area contributed by atoms with Gasteiger partial charge in [0.25, 0.3) is 0 Å². The molecule has 1 unspecified atom stereocenters. The van der Waals surface area contributed by atoms with E-state index >= 15 is 0 Å². The molecule has 4 nitrogen and oxygen atoms in total. The molecule has 1 N–H and O–H groups in total. The zero-order valence-electron chi connectivity index (χ0n) is 9.35. The standard InChI is InChI=1S/C11H20N2O2/c1-9(11(14)15)6-12-7-10(8-12)13-4-2-3-5-13/h9-10H,2-8H2,1H3,(H,14,15). The number of likely N-dealkylation sites (tertiary alicyclic amines) is 2. The first kappa shape index (κ1) is 10.9.